The maximum absolute atomic E-state index is 12.1. The van der Waals surface area contributed by atoms with Crippen molar-refractivity contribution in [3.63, 3.8) is 0 Å². The standard InChI is InChI=1S/C33H62O6S/c1-3-4-5-6-7-8-9-10-11-13-17-20-23-26-33(37)39-31(28-34)29-38-32(36)25-22-19-16-14-12-15-18-21-24-27-40-30(2)35/h31,34H,3-29H2,1-2H3/t31-/m1/s1. The van der Waals surface area contributed by atoms with Gasteiger partial charge in [-0.25, -0.2) is 0 Å². The molecule has 0 aromatic carbocycles. The summed E-state index contributed by atoms with van der Waals surface area (Å²) >= 11 is 1.42. The van der Waals surface area contributed by atoms with Crippen molar-refractivity contribution >= 4 is 28.8 Å². The molecule has 0 spiro atoms. The summed E-state index contributed by atoms with van der Waals surface area (Å²) in [6.07, 6.45) is 26.3. The summed E-state index contributed by atoms with van der Waals surface area (Å²) in [5, 5.41) is 9.69. The van der Waals surface area contributed by atoms with E-state index in [9.17, 15) is 19.5 Å². The van der Waals surface area contributed by atoms with Crippen LogP contribution in [0.25, 0.3) is 0 Å². The summed E-state index contributed by atoms with van der Waals surface area (Å²) in [6, 6.07) is 0. The number of ether oxygens (including phenoxy) is 2. The number of thioether (sulfide) groups is 1. The minimum absolute atomic E-state index is 0.0788. The third-order valence-electron chi connectivity index (χ3n) is 7.25. The summed E-state index contributed by atoms with van der Waals surface area (Å²) in [5.41, 5.74) is 0. The van der Waals surface area contributed by atoms with Crippen LogP contribution < -0.4 is 0 Å². The van der Waals surface area contributed by atoms with Gasteiger partial charge < -0.3 is 14.6 Å². The van der Waals surface area contributed by atoms with Gasteiger partial charge in [0.2, 0.25) is 0 Å². The van der Waals surface area contributed by atoms with E-state index in [2.05, 4.69) is 6.92 Å². The summed E-state index contributed by atoms with van der Waals surface area (Å²) in [5.74, 6) is 0.314. The molecule has 0 radical (unpaired) electrons. The molecule has 0 fully saturated rings. The molecule has 6 nitrogen and oxygen atoms in total. The highest BCUT2D eigenvalue weighted by molar-refractivity contribution is 8.13. The van der Waals surface area contributed by atoms with Crippen LogP contribution in [0.1, 0.15) is 168 Å². The van der Waals surface area contributed by atoms with Crippen LogP contribution in [0.3, 0.4) is 0 Å². The quantitative estimate of drug-likeness (QED) is 0.0663. The summed E-state index contributed by atoms with van der Waals surface area (Å²) in [6.45, 7) is 3.46. The molecule has 0 saturated carbocycles. The maximum Gasteiger partial charge on any atom is 0.306 e. The Hall–Kier alpha value is -1.08. The van der Waals surface area contributed by atoms with Crippen molar-refractivity contribution in [1.82, 2.24) is 0 Å². The van der Waals surface area contributed by atoms with Crippen LogP contribution in [0.15, 0.2) is 0 Å². The molecule has 0 bridgehead atoms. The Bertz CT molecular complexity index is 597. The highest BCUT2D eigenvalue weighted by atomic mass is 32.2. The van der Waals surface area contributed by atoms with Crippen molar-refractivity contribution in [2.45, 2.75) is 174 Å². The molecule has 0 saturated heterocycles. The van der Waals surface area contributed by atoms with Gasteiger partial charge >= 0.3 is 11.9 Å². The largest absolute Gasteiger partial charge is 0.462 e. The van der Waals surface area contributed by atoms with E-state index >= 15 is 0 Å². The van der Waals surface area contributed by atoms with E-state index in [4.69, 9.17) is 9.47 Å². The summed E-state index contributed by atoms with van der Waals surface area (Å²) in [4.78, 5) is 34.9. The monoisotopic (exact) mass is 586 g/mol. The SMILES string of the molecule is CCCCCCCCCCCCCCCC(=O)O[C@H](CO)COC(=O)CCCCCCCCCCCSC(C)=O. The van der Waals surface area contributed by atoms with E-state index in [1.807, 2.05) is 0 Å². The third kappa shape index (κ3) is 29.9. The zero-order chi connectivity index (χ0) is 29.5. The van der Waals surface area contributed by atoms with E-state index in [1.54, 1.807) is 6.92 Å². The number of carbonyl (C=O) groups excluding carboxylic acids is 3. The molecule has 0 unspecified atom stereocenters. The Morgan fingerprint density at radius 2 is 1.00 bits per heavy atom. The minimum Gasteiger partial charge on any atom is -0.462 e. The number of aliphatic hydroxyl groups is 1. The normalized spacial score (nSPS) is 11.9. The van der Waals surface area contributed by atoms with Crippen molar-refractivity contribution in [2.24, 2.45) is 0 Å². The minimum atomic E-state index is -0.778. The van der Waals surface area contributed by atoms with Gasteiger partial charge in [0.15, 0.2) is 11.2 Å². The first-order valence-electron chi connectivity index (χ1n) is 16.6. The molecule has 40 heavy (non-hydrogen) atoms. The average molecular weight is 587 g/mol. The fraction of sp³-hybridized carbons (Fsp3) is 0.909. The lowest BCUT2D eigenvalue weighted by Gasteiger charge is -2.15. The highest BCUT2D eigenvalue weighted by Gasteiger charge is 2.16. The molecule has 7 heteroatoms. The van der Waals surface area contributed by atoms with Gasteiger partial charge in [0.25, 0.3) is 0 Å². The molecule has 0 aromatic heterocycles. The number of carbonyl (C=O) groups is 3. The van der Waals surface area contributed by atoms with E-state index in [1.165, 1.54) is 108 Å². The van der Waals surface area contributed by atoms with Crippen molar-refractivity contribution in [3.8, 4) is 0 Å². The van der Waals surface area contributed by atoms with Gasteiger partial charge in [-0.05, 0) is 19.3 Å². The van der Waals surface area contributed by atoms with Gasteiger partial charge in [0, 0.05) is 25.5 Å². The highest BCUT2D eigenvalue weighted by Crippen LogP contribution is 2.15. The van der Waals surface area contributed by atoms with Crippen LogP contribution in [0, 0.1) is 0 Å². The van der Waals surface area contributed by atoms with Crippen molar-refractivity contribution < 1.29 is 29.0 Å². The molecular formula is C33H62O6S. The first kappa shape index (κ1) is 38.9. The van der Waals surface area contributed by atoms with Crippen LogP contribution in [0.5, 0.6) is 0 Å². The topological polar surface area (TPSA) is 89.9 Å². The Morgan fingerprint density at radius 3 is 1.43 bits per heavy atom. The third-order valence-corrected chi connectivity index (χ3v) is 8.15. The molecule has 0 amide bonds. The Kier molecular flexibility index (Phi) is 30.0. The van der Waals surface area contributed by atoms with Gasteiger partial charge in [-0.15, -0.1) is 0 Å². The smallest absolute Gasteiger partial charge is 0.306 e. The fourth-order valence-electron chi connectivity index (χ4n) is 4.74. The molecule has 0 rings (SSSR count). The number of rotatable bonds is 30. The Labute approximate surface area is 250 Å². The van der Waals surface area contributed by atoms with Crippen LogP contribution in [-0.4, -0.2) is 47.2 Å². The number of esters is 2. The number of hydrogen-bond acceptors (Lipinski definition) is 7. The lowest BCUT2D eigenvalue weighted by molar-refractivity contribution is -0.161. The van der Waals surface area contributed by atoms with Crippen LogP contribution in [0.4, 0.5) is 0 Å². The fourth-order valence-corrected chi connectivity index (χ4v) is 5.37. The van der Waals surface area contributed by atoms with Gasteiger partial charge in [-0.3, -0.25) is 14.4 Å². The second-order valence-corrected chi connectivity index (χ2v) is 12.5. The lowest BCUT2D eigenvalue weighted by Crippen LogP contribution is -2.28. The predicted octanol–water partition coefficient (Wildman–Crippen LogP) is 9.10. The molecule has 0 aromatic rings. The van der Waals surface area contributed by atoms with Crippen molar-refractivity contribution in [1.29, 1.82) is 0 Å². The second-order valence-electron chi connectivity index (χ2n) is 11.2. The molecule has 1 N–H and O–H groups in total. The van der Waals surface area contributed by atoms with Crippen molar-refractivity contribution in [3.05, 3.63) is 0 Å². The van der Waals surface area contributed by atoms with Gasteiger partial charge in [-0.2, -0.15) is 0 Å². The maximum atomic E-state index is 12.1. The first-order chi connectivity index (χ1) is 19.5. The number of hydrogen-bond donors (Lipinski definition) is 1. The van der Waals surface area contributed by atoms with Gasteiger partial charge in [0.1, 0.15) is 6.61 Å². The molecule has 0 aliphatic rings. The molecule has 0 aliphatic heterocycles. The van der Waals surface area contributed by atoms with E-state index < -0.39 is 6.10 Å². The zero-order valence-corrected chi connectivity index (χ0v) is 26.9. The molecule has 0 heterocycles. The van der Waals surface area contributed by atoms with E-state index in [0.717, 1.165) is 50.7 Å². The lowest BCUT2D eigenvalue weighted by atomic mass is 10.0. The summed E-state index contributed by atoms with van der Waals surface area (Å²) in [7, 11) is 0. The summed E-state index contributed by atoms with van der Waals surface area (Å²) < 4.78 is 10.5. The number of aliphatic hydroxyl groups excluding tert-OH is 1. The predicted molar refractivity (Wildman–Crippen MR) is 168 cm³/mol. The van der Waals surface area contributed by atoms with Crippen LogP contribution in [-0.2, 0) is 23.9 Å². The number of unbranched alkanes of at least 4 members (excludes halogenated alkanes) is 20. The van der Waals surface area contributed by atoms with E-state index in [0.29, 0.717) is 12.8 Å². The van der Waals surface area contributed by atoms with Crippen LogP contribution >= 0.6 is 11.8 Å². The second kappa shape index (κ2) is 30.9. The molecule has 0 aliphatic carbocycles. The Morgan fingerprint density at radius 1 is 0.600 bits per heavy atom. The van der Waals surface area contributed by atoms with Crippen LogP contribution in [0.2, 0.25) is 0 Å². The molecule has 1 atom stereocenters. The Balaban J connectivity index is 3.54. The zero-order valence-electron chi connectivity index (χ0n) is 26.1. The molecular weight excluding hydrogens is 524 g/mol. The average Bonchev–Trinajstić information content (AvgIpc) is 2.93. The van der Waals surface area contributed by atoms with Gasteiger partial charge in [0.05, 0.1) is 6.61 Å². The van der Waals surface area contributed by atoms with Gasteiger partial charge in [-0.1, -0.05) is 141 Å². The molecule has 236 valence electrons. The first-order valence-corrected chi connectivity index (χ1v) is 17.6. The van der Waals surface area contributed by atoms with Crippen molar-refractivity contribution in [2.75, 3.05) is 19.0 Å². The van der Waals surface area contributed by atoms with E-state index in [-0.39, 0.29) is 30.3 Å².